The molecule has 1 aliphatic rings. The van der Waals surface area contributed by atoms with Crippen molar-refractivity contribution < 1.29 is 9.84 Å². The van der Waals surface area contributed by atoms with Crippen molar-refractivity contribution in [1.29, 1.82) is 0 Å². The fraction of sp³-hybridized carbons (Fsp3) is 0.450. The molecule has 1 fully saturated rings. The van der Waals surface area contributed by atoms with Gasteiger partial charge < -0.3 is 15.2 Å². The van der Waals surface area contributed by atoms with Gasteiger partial charge in [0.25, 0.3) is 0 Å². The molecular formula is C20H25N7O2. The smallest absolute Gasteiger partial charge is 0.335 e. The first-order chi connectivity index (χ1) is 13.7. The third kappa shape index (κ3) is 4.34. The molecule has 9 heteroatoms. The van der Waals surface area contributed by atoms with Crippen LogP contribution in [0.5, 0.6) is 11.8 Å². The second-order valence-corrected chi connectivity index (χ2v) is 8.69. The van der Waals surface area contributed by atoms with Crippen LogP contribution in [-0.2, 0) is 0 Å². The zero-order valence-corrected chi connectivity index (χ0v) is 17.0. The van der Waals surface area contributed by atoms with Crippen molar-refractivity contribution in [3.8, 4) is 28.7 Å². The molecule has 0 spiro atoms. The molecule has 1 saturated heterocycles. The number of nitrogens with one attached hydrogen (secondary N) is 1. The quantitative estimate of drug-likeness (QED) is 0.693. The van der Waals surface area contributed by atoms with Gasteiger partial charge in [0.2, 0.25) is 0 Å². The van der Waals surface area contributed by atoms with E-state index in [9.17, 15) is 5.11 Å². The molecule has 0 bridgehead atoms. The van der Waals surface area contributed by atoms with E-state index in [4.69, 9.17) is 4.74 Å². The van der Waals surface area contributed by atoms with Gasteiger partial charge in [-0.2, -0.15) is 15.0 Å². The Morgan fingerprint density at radius 2 is 1.76 bits per heavy atom. The number of aromatic nitrogens is 6. The van der Waals surface area contributed by atoms with E-state index in [1.807, 2.05) is 0 Å². The van der Waals surface area contributed by atoms with E-state index in [2.05, 4.69) is 58.4 Å². The molecule has 0 aliphatic carbocycles. The van der Waals surface area contributed by atoms with E-state index in [0.717, 1.165) is 12.8 Å². The van der Waals surface area contributed by atoms with Gasteiger partial charge in [0.1, 0.15) is 17.5 Å². The Hall–Kier alpha value is -3.07. The largest absolute Gasteiger partial charge is 0.507 e. The molecule has 0 radical (unpaired) electrons. The van der Waals surface area contributed by atoms with Crippen LogP contribution >= 0.6 is 0 Å². The minimum Gasteiger partial charge on any atom is -0.507 e. The van der Waals surface area contributed by atoms with E-state index in [1.165, 1.54) is 4.80 Å². The second kappa shape index (κ2) is 7.07. The van der Waals surface area contributed by atoms with E-state index in [-0.39, 0.29) is 28.9 Å². The highest BCUT2D eigenvalue weighted by Gasteiger charge is 2.39. The van der Waals surface area contributed by atoms with E-state index >= 15 is 0 Å². The molecule has 2 aromatic heterocycles. The molecular weight excluding hydrogens is 370 g/mol. The number of piperidine rings is 1. The normalized spacial score (nSPS) is 18.5. The van der Waals surface area contributed by atoms with Crippen molar-refractivity contribution in [2.75, 3.05) is 0 Å². The minimum atomic E-state index is -0.0310. The summed E-state index contributed by atoms with van der Waals surface area (Å²) in [5, 5.41) is 30.4. The van der Waals surface area contributed by atoms with Gasteiger partial charge in [0.15, 0.2) is 0 Å². The third-order valence-electron chi connectivity index (χ3n) is 4.87. The van der Waals surface area contributed by atoms with Crippen molar-refractivity contribution in [2.45, 2.75) is 57.7 Å². The maximum absolute atomic E-state index is 10.4. The number of aromatic hydroxyl groups is 1. The van der Waals surface area contributed by atoms with Crippen LogP contribution in [-0.4, -0.2) is 52.5 Å². The number of hydrogen-bond acceptors (Lipinski definition) is 8. The summed E-state index contributed by atoms with van der Waals surface area (Å²) in [5.41, 5.74) is 1.57. The van der Waals surface area contributed by atoms with Crippen LogP contribution in [0.25, 0.3) is 16.9 Å². The fourth-order valence-corrected chi connectivity index (χ4v) is 4.11. The van der Waals surface area contributed by atoms with Gasteiger partial charge in [-0.05, 0) is 39.8 Å². The van der Waals surface area contributed by atoms with Crippen LogP contribution in [0.1, 0.15) is 40.5 Å². The number of benzene rings is 1. The summed E-state index contributed by atoms with van der Waals surface area (Å²) >= 11 is 0. The number of phenolic OH excluding ortho intramolecular Hbond substituents is 1. The van der Waals surface area contributed by atoms with Gasteiger partial charge in [-0.25, -0.2) is 4.98 Å². The molecule has 1 aliphatic heterocycles. The summed E-state index contributed by atoms with van der Waals surface area (Å²) < 4.78 is 6.01. The van der Waals surface area contributed by atoms with Crippen LogP contribution in [0.4, 0.5) is 0 Å². The summed E-state index contributed by atoms with van der Waals surface area (Å²) in [6.45, 7) is 8.66. The summed E-state index contributed by atoms with van der Waals surface area (Å²) in [6.07, 6.45) is 6.41. The Morgan fingerprint density at radius 1 is 1.07 bits per heavy atom. The maximum atomic E-state index is 10.4. The molecule has 4 rings (SSSR count). The standard InChI is InChI=1S/C20H25N7O2/c1-19(2)10-14(11-20(3,4)26-19)29-18-21-12-16(24-25-18)15-6-5-13(9-17(15)28)27-22-7-8-23-27/h5-9,12,14,26,28H,10-11H2,1-4H3. The van der Waals surface area contributed by atoms with Crippen molar-refractivity contribution in [1.82, 2.24) is 35.5 Å². The first-order valence-electron chi connectivity index (χ1n) is 9.57. The molecule has 1 aromatic carbocycles. The molecule has 0 atom stereocenters. The van der Waals surface area contributed by atoms with E-state index in [1.54, 1.807) is 36.8 Å². The van der Waals surface area contributed by atoms with Crippen LogP contribution in [0.3, 0.4) is 0 Å². The van der Waals surface area contributed by atoms with Gasteiger partial charge >= 0.3 is 6.01 Å². The Balaban J connectivity index is 1.50. The lowest BCUT2D eigenvalue weighted by molar-refractivity contribution is 0.0491. The fourth-order valence-electron chi connectivity index (χ4n) is 4.11. The first-order valence-corrected chi connectivity index (χ1v) is 9.57. The van der Waals surface area contributed by atoms with E-state index in [0.29, 0.717) is 16.9 Å². The van der Waals surface area contributed by atoms with Crippen molar-refractivity contribution in [3.05, 3.63) is 36.8 Å². The monoisotopic (exact) mass is 395 g/mol. The average molecular weight is 395 g/mol. The molecule has 9 nitrogen and oxygen atoms in total. The van der Waals surface area contributed by atoms with Crippen LogP contribution < -0.4 is 10.1 Å². The molecule has 3 heterocycles. The van der Waals surface area contributed by atoms with Crippen LogP contribution in [0.2, 0.25) is 0 Å². The molecule has 152 valence electrons. The number of ether oxygens (including phenoxy) is 1. The van der Waals surface area contributed by atoms with Crippen LogP contribution in [0, 0.1) is 0 Å². The Morgan fingerprint density at radius 3 is 2.34 bits per heavy atom. The Labute approximate surface area is 169 Å². The van der Waals surface area contributed by atoms with Gasteiger partial charge in [-0.3, -0.25) is 0 Å². The zero-order valence-electron chi connectivity index (χ0n) is 17.0. The molecule has 2 N–H and O–H groups in total. The molecule has 0 amide bonds. The SMILES string of the molecule is CC1(C)CC(Oc2ncc(-c3ccc(-n4nccn4)cc3O)nn2)CC(C)(C)N1. The molecule has 29 heavy (non-hydrogen) atoms. The van der Waals surface area contributed by atoms with Gasteiger partial charge in [0.05, 0.1) is 24.3 Å². The van der Waals surface area contributed by atoms with Crippen LogP contribution in [0.15, 0.2) is 36.8 Å². The van der Waals surface area contributed by atoms with Gasteiger partial charge in [0, 0.05) is 35.5 Å². The lowest BCUT2D eigenvalue weighted by Crippen LogP contribution is -2.60. The predicted octanol–water partition coefficient (Wildman–Crippen LogP) is 2.51. The first kappa shape index (κ1) is 19.3. The summed E-state index contributed by atoms with van der Waals surface area (Å²) in [5.74, 6) is 0.0476. The molecule has 3 aromatic rings. The zero-order chi connectivity index (χ0) is 20.6. The minimum absolute atomic E-state index is 0.00292. The van der Waals surface area contributed by atoms with Crippen molar-refractivity contribution in [3.63, 3.8) is 0 Å². The van der Waals surface area contributed by atoms with Crippen molar-refractivity contribution in [2.24, 2.45) is 0 Å². The topological polar surface area (TPSA) is 111 Å². The number of rotatable bonds is 4. The van der Waals surface area contributed by atoms with Crippen molar-refractivity contribution >= 4 is 0 Å². The number of hydrogen-bond donors (Lipinski definition) is 2. The lowest BCUT2D eigenvalue weighted by Gasteiger charge is -2.45. The number of phenols is 1. The summed E-state index contributed by atoms with van der Waals surface area (Å²) in [4.78, 5) is 5.72. The molecule has 0 unspecified atom stereocenters. The molecule has 0 saturated carbocycles. The highest BCUT2D eigenvalue weighted by atomic mass is 16.5. The average Bonchev–Trinajstić information content (AvgIpc) is 3.14. The Bertz CT molecular complexity index is 969. The highest BCUT2D eigenvalue weighted by molar-refractivity contribution is 5.67. The second-order valence-electron chi connectivity index (χ2n) is 8.69. The summed E-state index contributed by atoms with van der Waals surface area (Å²) in [7, 11) is 0. The van der Waals surface area contributed by atoms with Gasteiger partial charge in [-0.1, -0.05) is 5.10 Å². The highest BCUT2D eigenvalue weighted by Crippen LogP contribution is 2.31. The maximum Gasteiger partial charge on any atom is 0.335 e. The van der Waals surface area contributed by atoms with Gasteiger partial charge in [-0.15, -0.1) is 5.10 Å². The Kier molecular flexibility index (Phi) is 4.70. The number of nitrogens with zero attached hydrogens (tertiary/aromatic N) is 6. The predicted molar refractivity (Wildman–Crippen MR) is 107 cm³/mol. The van der Waals surface area contributed by atoms with E-state index < -0.39 is 0 Å². The summed E-state index contributed by atoms with van der Waals surface area (Å²) in [6, 6.07) is 5.34. The lowest BCUT2D eigenvalue weighted by atomic mass is 9.81. The third-order valence-corrected chi connectivity index (χ3v) is 4.87.